The van der Waals surface area contributed by atoms with Gasteiger partial charge in [0.05, 0.1) is 11.0 Å². The van der Waals surface area contributed by atoms with Crippen molar-refractivity contribution in [2.45, 2.75) is 0 Å². The summed E-state index contributed by atoms with van der Waals surface area (Å²) in [7, 11) is 0. The summed E-state index contributed by atoms with van der Waals surface area (Å²) in [5.41, 5.74) is 1.30. The normalized spacial score (nSPS) is 10.7. The Labute approximate surface area is 153 Å². The highest BCUT2D eigenvalue weighted by atomic mass is 17.5. The molecule has 0 saturated carbocycles. The van der Waals surface area contributed by atoms with Crippen LogP contribution in [0.1, 0.15) is 21.0 Å². The lowest BCUT2D eigenvalue weighted by molar-refractivity contribution is -0.446. The molecule has 4 rings (SSSR count). The maximum atomic E-state index is 12.0. The van der Waals surface area contributed by atoms with Gasteiger partial charge in [-0.1, -0.05) is 48.5 Å². The van der Waals surface area contributed by atoms with E-state index < -0.39 is 11.9 Å². The van der Waals surface area contributed by atoms with Crippen LogP contribution in [0.25, 0.3) is 21.8 Å². The number of pyridine rings is 2. The van der Waals surface area contributed by atoms with E-state index in [1.807, 2.05) is 24.3 Å². The van der Waals surface area contributed by atoms with Crippen LogP contribution < -0.4 is 0 Å². The Morgan fingerprint density at radius 2 is 1.04 bits per heavy atom. The standard InChI is InChI=1S/C20H12N2O5/c23-19(17-11-9-13-5-1-3-7-15(13)21-17)25-27-26-20(24)18-12-10-14-6-2-4-8-16(14)22-18/h1-12H. The zero-order chi connectivity index (χ0) is 18.6. The van der Waals surface area contributed by atoms with E-state index in [2.05, 4.69) is 24.8 Å². The number of para-hydroxylation sites is 2. The van der Waals surface area contributed by atoms with Crippen molar-refractivity contribution in [3.05, 3.63) is 84.2 Å². The summed E-state index contributed by atoms with van der Waals surface area (Å²) in [6, 6.07) is 21.0. The van der Waals surface area contributed by atoms with Gasteiger partial charge in [-0.15, -0.1) is 0 Å². The zero-order valence-corrected chi connectivity index (χ0v) is 13.9. The minimum absolute atomic E-state index is 0.0218. The van der Waals surface area contributed by atoms with Gasteiger partial charge < -0.3 is 0 Å². The first-order chi connectivity index (χ1) is 13.2. The van der Waals surface area contributed by atoms with Gasteiger partial charge >= 0.3 is 11.9 Å². The Bertz CT molecular complexity index is 1070. The van der Waals surface area contributed by atoms with Crippen LogP contribution in [-0.4, -0.2) is 21.9 Å². The van der Waals surface area contributed by atoms with Crippen molar-refractivity contribution in [2.24, 2.45) is 0 Å². The molecule has 0 spiro atoms. The smallest absolute Gasteiger partial charge is 0.252 e. The van der Waals surface area contributed by atoms with E-state index in [1.54, 1.807) is 36.4 Å². The van der Waals surface area contributed by atoms with E-state index in [1.165, 1.54) is 12.1 Å². The first-order valence-electron chi connectivity index (χ1n) is 8.02. The number of aromatic nitrogens is 2. The SMILES string of the molecule is O=C(OOOC(=O)c1ccc2ccccc2n1)c1ccc2ccccc2n1. The first-order valence-corrected chi connectivity index (χ1v) is 8.02. The second-order valence-electron chi connectivity index (χ2n) is 5.59. The van der Waals surface area contributed by atoms with Crippen LogP contribution in [0.5, 0.6) is 0 Å². The van der Waals surface area contributed by atoms with E-state index >= 15 is 0 Å². The molecular weight excluding hydrogens is 348 g/mol. The number of carbonyl (C=O) groups excluding carboxylic acids is 2. The molecule has 0 fully saturated rings. The van der Waals surface area contributed by atoms with Crippen LogP contribution in [0.15, 0.2) is 72.8 Å². The van der Waals surface area contributed by atoms with Crippen molar-refractivity contribution < 1.29 is 24.4 Å². The quantitative estimate of drug-likeness (QED) is 0.405. The molecular formula is C20H12N2O5. The molecule has 4 aromatic rings. The summed E-state index contributed by atoms with van der Waals surface area (Å²) in [6.45, 7) is 0. The van der Waals surface area contributed by atoms with Crippen LogP contribution in [0, 0.1) is 0 Å². The van der Waals surface area contributed by atoms with Gasteiger partial charge in [-0.05, 0) is 24.3 Å². The summed E-state index contributed by atoms with van der Waals surface area (Å²) >= 11 is 0. The first kappa shape index (κ1) is 16.6. The lowest BCUT2D eigenvalue weighted by Crippen LogP contribution is -2.13. The molecule has 7 nitrogen and oxygen atoms in total. The average Bonchev–Trinajstić information content (AvgIpc) is 2.72. The Morgan fingerprint density at radius 1 is 0.593 bits per heavy atom. The molecule has 2 aromatic heterocycles. The van der Waals surface area contributed by atoms with Gasteiger partial charge in [0, 0.05) is 15.8 Å². The summed E-state index contributed by atoms with van der Waals surface area (Å²) in [6.07, 6.45) is 0. The minimum atomic E-state index is -0.889. The monoisotopic (exact) mass is 360 g/mol. The van der Waals surface area contributed by atoms with Gasteiger partial charge in [0.2, 0.25) is 0 Å². The third-order valence-electron chi connectivity index (χ3n) is 3.83. The highest BCUT2D eigenvalue weighted by Crippen LogP contribution is 2.14. The molecule has 132 valence electrons. The van der Waals surface area contributed by atoms with Gasteiger partial charge in [0.25, 0.3) is 0 Å². The van der Waals surface area contributed by atoms with Crippen molar-refractivity contribution in [2.75, 3.05) is 0 Å². The van der Waals surface area contributed by atoms with Gasteiger partial charge in [-0.3, -0.25) is 9.78 Å². The summed E-state index contributed by atoms with van der Waals surface area (Å²) in [5.74, 6) is -1.78. The second-order valence-corrected chi connectivity index (χ2v) is 5.59. The molecule has 0 aliphatic heterocycles. The number of hydrogen-bond donors (Lipinski definition) is 0. The molecule has 0 atom stereocenters. The molecule has 0 radical (unpaired) electrons. The lowest BCUT2D eigenvalue weighted by Gasteiger charge is -2.04. The van der Waals surface area contributed by atoms with Gasteiger partial charge in [-0.25, -0.2) is 19.6 Å². The number of fused-ring (bicyclic) bond motifs is 2. The molecule has 0 bridgehead atoms. The van der Waals surface area contributed by atoms with E-state index in [4.69, 9.17) is 0 Å². The van der Waals surface area contributed by atoms with Crippen molar-refractivity contribution >= 4 is 33.7 Å². The molecule has 0 aliphatic carbocycles. The third-order valence-corrected chi connectivity index (χ3v) is 3.83. The van der Waals surface area contributed by atoms with Crippen molar-refractivity contribution in [3.8, 4) is 0 Å². The predicted molar refractivity (Wildman–Crippen MR) is 95.4 cm³/mol. The van der Waals surface area contributed by atoms with Gasteiger partial charge in [0.1, 0.15) is 0 Å². The Kier molecular flexibility index (Phi) is 4.42. The molecule has 27 heavy (non-hydrogen) atoms. The van der Waals surface area contributed by atoms with Crippen LogP contribution in [0.2, 0.25) is 0 Å². The Morgan fingerprint density at radius 3 is 1.52 bits per heavy atom. The lowest BCUT2D eigenvalue weighted by atomic mass is 10.2. The Hall–Kier alpha value is -3.84. The Balaban J connectivity index is 1.39. The van der Waals surface area contributed by atoms with Crippen LogP contribution in [0.3, 0.4) is 0 Å². The van der Waals surface area contributed by atoms with Crippen LogP contribution >= 0.6 is 0 Å². The molecule has 2 heterocycles. The second kappa shape index (κ2) is 7.19. The molecule has 0 unspecified atom stereocenters. The summed E-state index contributed by atoms with van der Waals surface area (Å²) in [5, 5.41) is 6.07. The molecule has 7 heteroatoms. The van der Waals surface area contributed by atoms with Gasteiger partial charge in [-0.2, -0.15) is 0 Å². The fourth-order valence-electron chi connectivity index (χ4n) is 2.52. The molecule has 0 N–H and O–H groups in total. The summed E-state index contributed by atoms with van der Waals surface area (Å²) in [4.78, 5) is 41.2. The average molecular weight is 360 g/mol. The predicted octanol–water partition coefficient (Wildman–Crippen LogP) is 3.64. The molecule has 0 aliphatic rings. The number of hydrogen-bond acceptors (Lipinski definition) is 7. The van der Waals surface area contributed by atoms with E-state index in [0.29, 0.717) is 11.0 Å². The topological polar surface area (TPSA) is 87.6 Å². The van der Waals surface area contributed by atoms with E-state index in [-0.39, 0.29) is 11.4 Å². The van der Waals surface area contributed by atoms with Crippen molar-refractivity contribution in [3.63, 3.8) is 0 Å². The number of benzene rings is 2. The van der Waals surface area contributed by atoms with Crippen molar-refractivity contribution in [1.82, 2.24) is 9.97 Å². The summed E-state index contributed by atoms with van der Waals surface area (Å²) < 4.78 is 0. The highest BCUT2D eigenvalue weighted by Gasteiger charge is 2.15. The fourth-order valence-corrected chi connectivity index (χ4v) is 2.52. The van der Waals surface area contributed by atoms with Crippen molar-refractivity contribution in [1.29, 1.82) is 0 Å². The number of rotatable bonds is 4. The largest absolute Gasteiger partial charge is 0.395 e. The third kappa shape index (κ3) is 3.58. The number of nitrogens with zero attached hydrogens (tertiary/aromatic N) is 2. The maximum absolute atomic E-state index is 12.0. The van der Waals surface area contributed by atoms with Gasteiger partial charge in [0.15, 0.2) is 11.4 Å². The molecule has 0 amide bonds. The van der Waals surface area contributed by atoms with E-state index in [0.717, 1.165) is 10.8 Å². The van der Waals surface area contributed by atoms with Crippen LogP contribution in [0.4, 0.5) is 0 Å². The minimum Gasteiger partial charge on any atom is -0.252 e. The number of carbonyl (C=O) groups is 2. The van der Waals surface area contributed by atoms with E-state index in [9.17, 15) is 9.59 Å². The molecule has 2 aromatic carbocycles. The maximum Gasteiger partial charge on any atom is 0.395 e. The highest BCUT2D eigenvalue weighted by molar-refractivity contribution is 5.91. The fraction of sp³-hybridized carbons (Fsp3) is 0. The van der Waals surface area contributed by atoms with Crippen LogP contribution in [-0.2, 0) is 14.8 Å². The molecule has 0 saturated heterocycles. The zero-order valence-electron chi connectivity index (χ0n) is 13.9.